The van der Waals surface area contributed by atoms with Crippen molar-refractivity contribution in [1.29, 1.82) is 0 Å². The average Bonchev–Trinajstić information content (AvgIpc) is 2.64. The summed E-state index contributed by atoms with van der Waals surface area (Å²) in [6.07, 6.45) is 0.526. The molecule has 1 heterocycles. The number of Topliss-reactive ketones (excluding diaryl/α,β-unsaturated/α-hetero) is 1. The van der Waals surface area contributed by atoms with E-state index in [0.29, 0.717) is 12.2 Å². The van der Waals surface area contributed by atoms with Crippen molar-refractivity contribution in [2.45, 2.75) is 6.42 Å². The third-order valence-corrected chi connectivity index (χ3v) is 4.31. The minimum absolute atomic E-state index is 0.0822. The summed E-state index contributed by atoms with van der Waals surface area (Å²) in [7, 11) is 4.44. The maximum Gasteiger partial charge on any atom is 0.201 e. The molecule has 1 aliphatic rings. The molecule has 0 aromatic heterocycles. The van der Waals surface area contributed by atoms with Gasteiger partial charge in [-0.1, -0.05) is 12.1 Å². The van der Waals surface area contributed by atoms with Crippen LogP contribution in [0.1, 0.15) is 15.9 Å². The van der Waals surface area contributed by atoms with Crippen LogP contribution in [0.3, 0.4) is 0 Å². The topological polar surface area (TPSA) is 74.2 Å². The number of benzene rings is 2. The van der Waals surface area contributed by atoms with Crippen molar-refractivity contribution in [3.8, 4) is 28.7 Å². The molecule has 0 radical (unpaired) electrons. The first-order valence-corrected chi connectivity index (χ1v) is 7.87. The number of phenols is 1. The van der Waals surface area contributed by atoms with Gasteiger partial charge < -0.3 is 24.1 Å². The first-order chi connectivity index (χ1) is 12.1. The normalized spacial score (nSPS) is 16.0. The number of fused-ring (bicyclic) bond motifs is 1. The summed E-state index contributed by atoms with van der Waals surface area (Å²) in [5.41, 5.74) is 1.26. The predicted octanol–water partition coefficient (Wildman–Crippen LogP) is 2.85. The van der Waals surface area contributed by atoms with Crippen LogP contribution in [0.15, 0.2) is 30.3 Å². The molecule has 3 rings (SSSR count). The summed E-state index contributed by atoms with van der Waals surface area (Å²) in [4.78, 5) is 12.9. The van der Waals surface area contributed by atoms with Gasteiger partial charge >= 0.3 is 0 Å². The quantitative estimate of drug-likeness (QED) is 0.899. The predicted molar refractivity (Wildman–Crippen MR) is 91.2 cm³/mol. The second-order valence-corrected chi connectivity index (χ2v) is 5.76. The monoisotopic (exact) mass is 344 g/mol. The highest BCUT2D eigenvalue weighted by atomic mass is 16.5. The number of hydrogen-bond donors (Lipinski definition) is 1. The van der Waals surface area contributed by atoms with Crippen LogP contribution in [0.2, 0.25) is 0 Å². The van der Waals surface area contributed by atoms with Crippen molar-refractivity contribution in [2.24, 2.45) is 5.92 Å². The third kappa shape index (κ3) is 3.07. The van der Waals surface area contributed by atoms with Crippen molar-refractivity contribution in [1.82, 2.24) is 0 Å². The molecule has 6 heteroatoms. The molecule has 2 aromatic carbocycles. The van der Waals surface area contributed by atoms with Gasteiger partial charge in [0.2, 0.25) is 5.75 Å². The lowest BCUT2D eigenvalue weighted by atomic mass is 9.89. The van der Waals surface area contributed by atoms with E-state index < -0.39 is 0 Å². The molecule has 0 saturated heterocycles. The Kier molecular flexibility index (Phi) is 4.70. The van der Waals surface area contributed by atoms with Gasteiger partial charge in [0.25, 0.3) is 0 Å². The zero-order valence-corrected chi connectivity index (χ0v) is 14.4. The van der Waals surface area contributed by atoms with E-state index in [0.717, 1.165) is 11.3 Å². The molecule has 1 unspecified atom stereocenters. The number of carbonyl (C=O) groups excluding carboxylic acids is 1. The Morgan fingerprint density at radius 1 is 1.12 bits per heavy atom. The van der Waals surface area contributed by atoms with E-state index in [9.17, 15) is 9.90 Å². The first-order valence-electron chi connectivity index (χ1n) is 7.87. The van der Waals surface area contributed by atoms with Crippen molar-refractivity contribution in [3.05, 3.63) is 41.5 Å². The number of methoxy groups -OCH3 is 3. The molecule has 0 fully saturated rings. The lowest BCUT2D eigenvalue weighted by Gasteiger charge is -2.26. The summed E-state index contributed by atoms with van der Waals surface area (Å²) in [5, 5.41) is 10.2. The molecule has 1 aliphatic heterocycles. The number of ether oxygens (including phenoxy) is 4. The molecule has 1 N–H and O–H groups in total. The Labute approximate surface area is 145 Å². The van der Waals surface area contributed by atoms with Gasteiger partial charge in [0.1, 0.15) is 17.1 Å². The number of hydrogen-bond acceptors (Lipinski definition) is 6. The van der Waals surface area contributed by atoms with Gasteiger partial charge in [-0.2, -0.15) is 0 Å². The van der Waals surface area contributed by atoms with Gasteiger partial charge in [0.15, 0.2) is 17.3 Å². The molecule has 2 aromatic rings. The van der Waals surface area contributed by atoms with Crippen LogP contribution in [0.4, 0.5) is 0 Å². The number of carbonyl (C=O) groups is 1. The van der Waals surface area contributed by atoms with E-state index >= 15 is 0 Å². The molecule has 0 bridgehead atoms. The molecule has 132 valence electrons. The third-order valence-electron chi connectivity index (χ3n) is 4.31. The molecule has 1 atom stereocenters. The maximum absolute atomic E-state index is 12.9. The lowest BCUT2D eigenvalue weighted by Crippen LogP contribution is -2.30. The summed E-state index contributed by atoms with van der Waals surface area (Å²) in [5.74, 6) is 0.734. The van der Waals surface area contributed by atoms with Crippen LogP contribution in [-0.2, 0) is 6.42 Å². The van der Waals surface area contributed by atoms with Crippen molar-refractivity contribution >= 4 is 5.78 Å². The molecule has 0 spiro atoms. The SMILES string of the molecule is COc1ccc(CC2COc3cc(OC)c(O)c(OC)c3C2=O)cc1. The second kappa shape index (κ2) is 6.93. The van der Waals surface area contributed by atoms with Crippen LogP contribution in [-0.4, -0.2) is 38.8 Å². The van der Waals surface area contributed by atoms with Crippen LogP contribution < -0.4 is 18.9 Å². The average molecular weight is 344 g/mol. The molecule has 0 amide bonds. The Morgan fingerprint density at radius 2 is 1.84 bits per heavy atom. The first kappa shape index (κ1) is 17.0. The second-order valence-electron chi connectivity index (χ2n) is 5.76. The molecule has 6 nitrogen and oxygen atoms in total. The molecular formula is C19H20O6. The van der Waals surface area contributed by atoms with E-state index in [4.69, 9.17) is 18.9 Å². The standard InChI is InChI=1S/C19H20O6/c1-22-13-6-4-11(5-7-13)8-12-10-25-14-9-15(23-2)18(21)19(24-3)16(14)17(12)20/h4-7,9,12,21H,8,10H2,1-3H3. The van der Waals surface area contributed by atoms with Gasteiger partial charge in [-0.15, -0.1) is 0 Å². The van der Waals surface area contributed by atoms with Crippen LogP contribution >= 0.6 is 0 Å². The van der Waals surface area contributed by atoms with Crippen LogP contribution in [0, 0.1) is 5.92 Å². The van der Waals surface area contributed by atoms with Crippen molar-refractivity contribution in [3.63, 3.8) is 0 Å². The highest BCUT2D eigenvalue weighted by Gasteiger charge is 2.34. The Hall–Kier alpha value is -2.89. The van der Waals surface area contributed by atoms with Gasteiger partial charge in [-0.25, -0.2) is 0 Å². The fraction of sp³-hybridized carbons (Fsp3) is 0.316. The van der Waals surface area contributed by atoms with Crippen LogP contribution in [0.25, 0.3) is 0 Å². The molecular weight excluding hydrogens is 324 g/mol. The zero-order valence-electron chi connectivity index (χ0n) is 14.4. The van der Waals surface area contributed by atoms with Gasteiger partial charge in [0.05, 0.1) is 33.9 Å². The summed E-state index contributed by atoms with van der Waals surface area (Å²) in [6.45, 7) is 0.259. The van der Waals surface area contributed by atoms with E-state index in [1.807, 2.05) is 24.3 Å². The van der Waals surface area contributed by atoms with Gasteiger partial charge in [-0.05, 0) is 24.1 Å². The highest BCUT2D eigenvalue weighted by molar-refractivity contribution is 6.05. The number of phenolic OH excluding ortho intramolecular Hbond substituents is 1. The van der Waals surface area contributed by atoms with E-state index in [1.54, 1.807) is 7.11 Å². The fourth-order valence-electron chi connectivity index (χ4n) is 2.97. The number of rotatable bonds is 5. The summed E-state index contributed by atoms with van der Waals surface area (Å²) in [6, 6.07) is 9.06. The van der Waals surface area contributed by atoms with Gasteiger partial charge in [0, 0.05) is 6.07 Å². The number of aromatic hydroxyl groups is 1. The molecule has 0 saturated carbocycles. The number of ketones is 1. The lowest BCUT2D eigenvalue weighted by molar-refractivity contribution is 0.0824. The minimum atomic E-state index is -0.359. The Balaban J connectivity index is 1.91. The van der Waals surface area contributed by atoms with E-state index in [-0.39, 0.29) is 41.1 Å². The Morgan fingerprint density at radius 3 is 2.44 bits per heavy atom. The zero-order chi connectivity index (χ0) is 18.0. The largest absolute Gasteiger partial charge is 0.502 e. The fourth-order valence-corrected chi connectivity index (χ4v) is 2.97. The summed E-state index contributed by atoms with van der Waals surface area (Å²) < 4.78 is 21.2. The molecule has 0 aliphatic carbocycles. The van der Waals surface area contributed by atoms with E-state index in [1.165, 1.54) is 20.3 Å². The summed E-state index contributed by atoms with van der Waals surface area (Å²) >= 11 is 0. The highest BCUT2D eigenvalue weighted by Crippen LogP contribution is 2.47. The van der Waals surface area contributed by atoms with Crippen LogP contribution in [0.5, 0.6) is 28.7 Å². The van der Waals surface area contributed by atoms with Crippen molar-refractivity contribution in [2.75, 3.05) is 27.9 Å². The smallest absolute Gasteiger partial charge is 0.201 e. The van der Waals surface area contributed by atoms with E-state index in [2.05, 4.69) is 0 Å². The maximum atomic E-state index is 12.9. The van der Waals surface area contributed by atoms with Crippen molar-refractivity contribution < 1.29 is 28.8 Å². The van der Waals surface area contributed by atoms with Gasteiger partial charge in [-0.3, -0.25) is 4.79 Å². The Bertz CT molecular complexity index is 781. The molecule has 25 heavy (non-hydrogen) atoms. The minimum Gasteiger partial charge on any atom is -0.502 e.